The van der Waals surface area contributed by atoms with Crippen LogP contribution < -0.4 is 27.4 Å². The molecule has 0 saturated carbocycles. The molecule has 0 aliphatic carbocycles. The number of amides is 3. The molecular weight excluding hydrogens is 406 g/mol. The second-order valence-electron chi connectivity index (χ2n) is 6.38. The minimum absolute atomic E-state index is 0.134. The smallest absolute Gasteiger partial charge is 0.327 e. The molecule has 0 aromatic carbocycles. The molecule has 9 N–H and O–H groups in total. The van der Waals surface area contributed by atoms with Crippen molar-refractivity contribution in [3.8, 4) is 0 Å². The molecule has 0 rings (SSSR count). The Morgan fingerprint density at radius 2 is 1.41 bits per heavy atom. The minimum atomic E-state index is -1.46. The second kappa shape index (κ2) is 13.7. The number of unbranched alkanes of at least 4 members (excludes halogenated alkanes) is 1. The average molecular weight is 436 g/mol. The highest BCUT2D eigenvalue weighted by Gasteiger charge is 2.30. The molecule has 0 bridgehead atoms. The fraction of sp³-hybridized carbons (Fsp3) is 0.688. The third-order valence-corrected chi connectivity index (χ3v) is 4.17. The zero-order valence-corrected chi connectivity index (χ0v) is 17.0. The van der Waals surface area contributed by atoms with Gasteiger partial charge in [-0.3, -0.25) is 19.2 Å². The summed E-state index contributed by atoms with van der Waals surface area (Å²) in [7, 11) is 0. The number of nitrogens with two attached hydrogens (primary N) is 2. The van der Waals surface area contributed by atoms with Gasteiger partial charge in [-0.15, -0.1) is 0 Å². The van der Waals surface area contributed by atoms with Gasteiger partial charge < -0.3 is 37.6 Å². The van der Waals surface area contributed by atoms with E-state index in [1.165, 1.54) is 6.92 Å². The molecule has 4 unspecified atom stereocenters. The summed E-state index contributed by atoms with van der Waals surface area (Å²) in [5.41, 5.74) is 10.8. The maximum Gasteiger partial charge on any atom is 0.327 e. The van der Waals surface area contributed by atoms with Crippen molar-refractivity contribution in [3.05, 3.63) is 0 Å². The van der Waals surface area contributed by atoms with Crippen LogP contribution in [0.2, 0.25) is 0 Å². The molecule has 0 radical (unpaired) electrons. The van der Waals surface area contributed by atoms with Crippen LogP contribution in [0.1, 0.15) is 32.6 Å². The Hall–Kier alpha value is -2.38. The van der Waals surface area contributed by atoms with Crippen LogP contribution in [0.25, 0.3) is 0 Å². The van der Waals surface area contributed by atoms with E-state index >= 15 is 0 Å². The first-order chi connectivity index (χ1) is 13.5. The summed E-state index contributed by atoms with van der Waals surface area (Å²) in [5.74, 6) is -5.24. The Morgan fingerprint density at radius 1 is 0.897 bits per heavy atom. The lowest BCUT2D eigenvalue weighted by atomic mass is 10.1. The molecule has 4 atom stereocenters. The zero-order valence-electron chi connectivity index (χ0n) is 16.1. The summed E-state index contributed by atoms with van der Waals surface area (Å²) >= 11 is 3.86. The van der Waals surface area contributed by atoms with Crippen molar-refractivity contribution in [2.24, 2.45) is 11.5 Å². The van der Waals surface area contributed by atoms with Crippen LogP contribution in [0.4, 0.5) is 0 Å². The predicted octanol–water partition coefficient (Wildman–Crippen LogP) is -2.59. The molecule has 0 spiro atoms. The Morgan fingerprint density at radius 3 is 1.86 bits per heavy atom. The van der Waals surface area contributed by atoms with Gasteiger partial charge in [-0.1, -0.05) is 0 Å². The Balaban J connectivity index is 5.34. The molecule has 0 aromatic rings. The molecule has 0 heterocycles. The number of hydrogen-bond acceptors (Lipinski definition) is 8. The average Bonchev–Trinajstić information content (AvgIpc) is 2.63. The van der Waals surface area contributed by atoms with Gasteiger partial charge in [0.1, 0.15) is 18.1 Å². The number of hydrogen-bond donors (Lipinski definition) is 8. The largest absolute Gasteiger partial charge is 0.481 e. The van der Waals surface area contributed by atoms with E-state index in [1.54, 1.807) is 0 Å². The molecule has 0 aliphatic rings. The number of nitrogens with one attached hydrogen (secondary N) is 3. The number of rotatable bonds is 14. The zero-order chi connectivity index (χ0) is 22.6. The van der Waals surface area contributed by atoms with E-state index in [4.69, 9.17) is 21.7 Å². The molecule has 12 nitrogen and oxygen atoms in total. The number of carbonyl (C=O) groups is 5. The number of carbonyl (C=O) groups excluding carboxylic acids is 3. The van der Waals surface area contributed by atoms with Crippen LogP contribution in [0.3, 0.4) is 0 Å². The Labute approximate surface area is 173 Å². The standard InChI is InChI=1S/C16H29N5O7S/c1-8(18)13(24)20-10(6-12(22)23)15(26)19-9(4-2-3-5-17)14(25)21-11(7-29)16(27)28/h8-11,29H,2-7,17-18H2,1H3,(H,19,26)(H,20,24)(H,21,25)(H,22,23)(H,27,28). The lowest BCUT2D eigenvalue weighted by Gasteiger charge is -2.24. The van der Waals surface area contributed by atoms with Crippen LogP contribution >= 0.6 is 12.6 Å². The molecule has 0 saturated heterocycles. The van der Waals surface area contributed by atoms with E-state index in [1.807, 2.05) is 0 Å². The van der Waals surface area contributed by atoms with Gasteiger partial charge in [-0.05, 0) is 32.7 Å². The van der Waals surface area contributed by atoms with Gasteiger partial charge in [0.25, 0.3) is 0 Å². The van der Waals surface area contributed by atoms with Gasteiger partial charge in [0.2, 0.25) is 17.7 Å². The van der Waals surface area contributed by atoms with Crippen LogP contribution in [0, 0.1) is 0 Å². The van der Waals surface area contributed by atoms with Crippen molar-refractivity contribution in [2.45, 2.75) is 56.8 Å². The van der Waals surface area contributed by atoms with E-state index in [-0.39, 0.29) is 12.2 Å². The monoisotopic (exact) mass is 435 g/mol. The summed E-state index contributed by atoms with van der Waals surface area (Å²) in [6.45, 7) is 1.71. The first-order valence-electron chi connectivity index (χ1n) is 8.95. The van der Waals surface area contributed by atoms with E-state index in [0.717, 1.165) is 0 Å². The summed E-state index contributed by atoms with van der Waals surface area (Å²) in [6, 6.07) is -4.86. The van der Waals surface area contributed by atoms with Crippen molar-refractivity contribution >= 4 is 42.3 Å². The van der Waals surface area contributed by atoms with Gasteiger partial charge in [-0.25, -0.2) is 4.79 Å². The van der Waals surface area contributed by atoms with E-state index in [9.17, 15) is 24.0 Å². The summed E-state index contributed by atoms with van der Waals surface area (Å²) < 4.78 is 0. The van der Waals surface area contributed by atoms with E-state index < -0.39 is 60.2 Å². The molecule has 0 aliphatic heterocycles. The van der Waals surface area contributed by atoms with Gasteiger partial charge in [0.15, 0.2) is 0 Å². The molecule has 166 valence electrons. The topological polar surface area (TPSA) is 214 Å². The summed E-state index contributed by atoms with van der Waals surface area (Å²) in [4.78, 5) is 58.8. The highest BCUT2D eigenvalue weighted by Crippen LogP contribution is 2.04. The van der Waals surface area contributed by atoms with Crippen LogP contribution in [-0.2, 0) is 24.0 Å². The highest BCUT2D eigenvalue weighted by molar-refractivity contribution is 7.80. The van der Waals surface area contributed by atoms with Gasteiger partial charge in [0, 0.05) is 5.75 Å². The van der Waals surface area contributed by atoms with Crippen LogP contribution in [-0.4, -0.2) is 76.3 Å². The molecule has 13 heteroatoms. The third-order valence-electron chi connectivity index (χ3n) is 3.80. The molecule has 3 amide bonds. The van der Waals surface area contributed by atoms with Crippen molar-refractivity contribution in [2.75, 3.05) is 12.3 Å². The molecule has 0 aromatic heterocycles. The van der Waals surface area contributed by atoms with Crippen molar-refractivity contribution in [1.82, 2.24) is 16.0 Å². The number of carboxylic acids is 2. The maximum atomic E-state index is 12.5. The van der Waals surface area contributed by atoms with Gasteiger partial charge >= 0.3 is 11.9 Å². The normalized spacial score (nSPS) is 14.8. The molecular formula is C16H29N5O7S. The fourth-order valence-corrected chi connectivity index (χ4v) is 2.43. The number of aliphatic carboxylic acids is 2. The van der Waals surface area contributed by atoms with E-state index in [2.05, 4.69) is 28.6 Å². The fourth-order valence-electron chi connectivity index (χ4n) is 2.18. The number of thiol groups is 1. The SMILES string of the molecule is CC(N)C(=O)NC(CC(=O)O)C(=O)NC(CCCCN)C(=O)NC(CS)C(=O)O. The van der Waals surface area contributed by atoms with Gasteiger partial charge in [-0.2, -0.15) is 12.6 Å². The molecule has 0 fully saturated rings. The van der Waals surface area contributed by atoms with Crippen molar-refractivity contribution in [3.63, 3.8) is 0 Å². The Kier molecular flexibility index (Phi) is 12.6. The lowest BCUT2D eigenvalue weighted by molar-refractivity contribution is -0.142. The van der Waals surface area contributed by atoms with Crippen molar-refractivity contribution in [1.29, 1.82) is 0 Å². The second-order valence-corrected chi connectivity index (χ2v) is 6.74. The number of carboxylic acid groups (broad SMARTS) is 2. The first kappa shape index (κ1) is 26.6. The maximum absolute atomic E-state index is 12.5. The summed E-state index contributed by atoms with van der Waals surface area (Å²) in [5, 5.41) is 24.9. The predicted molar refractivity (Wildman–Crippen MR) is 106 cm³/mol. The van der Waals surface area contributed by atoms with Gasteiger partial charge in [0.05, 0.1) is 12.5 Å². The minimum Gasteiger partial charge on any atom is -0.481 e. The summed E-state index contributed by atoms with van der Waals surface area (Å²) in [6.07, 6.45) is 0.405. The molecule has 29 heavy (non-hydrogen) atoms. The quantitative estimate of drug-likeness (QED) is 0.106. The van der Waals surface area contributed by atoms with Crippen molar-refractivity contribution < 1.29 is 34.2 Å². The third kappa shape index (κ3) is 10.7. The lowest BCUT2D eigenvalue weighted by Crippen LogP contribution is -2.57. The highest BCUT2D eigenvalue weighted by atomic mass is 32.1. The first-order valence-corrected chi connectivity index (χ1v) is 9.58. The Bertz CT molecular complexity index is 602. The van der Waals surface area contributed by atoms with Crippen LogP contribution in [0.5, 0.6) is 0 Å². The van der Waals surface area contributed by atoms with Crippen LogP contribution in [0.15, 0.2) is 0 Å². The van der Waals surface area contributed by atoms with E-state index in [0.29, 0.717) is 19.4 Å².